The maximum absolute atomic E-state index is 8.57. The summed E-state index contributed by atoms with van der Waals surface area (Å²) in [5, 5.41) is 11.8. The Bertz CT molecular complexity index is 103. The smallest absolute Gasteiger partial charge is 0.0555 e. The van der Waals surface area contributed by atoms with Crippen LogP contribution in [0, 0.1) is 0 Å². The third-order valence-corrected chi connectivity index (χ3v) is 3.00. The van der Waals surface area contributed by atoms with Crippen LogP contribution in [0.15, 0.2) is 0 Å². The molecule has 2 N–H and O–H groups in total. The summed E-state index contributed by atoms with van der Waals surface area (Å²) >= 11 is 0. The summed E-state index contributed by atoms with van der Waals surface area (Å²) in [7, 11) is 0. The maximum Gasteiger partial charge on any atom is 0.0555 e. The van der Waals surface area contributed by atoms with Crippen LogP contribution >= 0.6 is 0 Å². The molecule has 16 heavy (non-hydrogen) atoms. The number of unbranched alkanes of at least 4 members (excludes halogenated alkanes) is 9. The number of hydrogen-bond donors (Lipinski definition) is 2. The van der Waals surface area contributed by atoms with E-state index >= 15 is 0 Å². The lowest BCUT2D eigenvalue weighted by Crippen LogP contribution is -2.19. The van der Waals surface area contributed by atoms with Crippen molar-refractivity contribution < 1.29 is 5.11 Å². The molecule has 0 saturated heterocycles. The molecule has 0 aromatic rings. The van der Waals surface area contributed by atoms with Gasteiger partial charge in [0, 0.05) is 6.54 Å². The van der Waals surface area contributed by atoms with Crippen molar-refractivity contribution in [3.63, 3.8) is 0 Å². The average molecular weight is 229 g/mol. The molecule has 0 fully saturated rings. The zero-order chi connectivity index (χ0) is 11.9. The van der Waals surface area contributed by atoms with Crippen LogP contribution in [0.2, 0.25) is 0 Å². The predicted molar refractivity (Wildman–Crippen MR) is 71.8 cm³/mol. The molecular formula is C14H31NO. The molecule has 0 aliphatic rings. The Balaban J connectivity index is 2.83. The minimum atomic E-state index is 0.262. The standard InChI is InChI=1S/C14H31NO/c1-2-3-4-5-6-7-8-9-10-11-12-15-13-14-16/h15-16H,2-14H2,1H3. The summed E-state index contributed by atoms with van der Waals surface area (Å²) in [6, 6.07) is 0. The highest BCUT2D eigenvalue weighted by molar-refractivity contribution is 4.50. The topological polar surface area (TPSA) is 32.3 Å². The molecule has 0 aromatic carbocycles. The summed E-state index contributed by atoms with van der Waals surface area (Å²) in [5.41, 5.74) is 0. The van der Waals surface area contributed by atoms with Crippen LogP contribution < -0.4 is 5.32 Å². The van der Waals surface area contributed by atoms with Gasteiger partial charge in [0.1, 0.15) is 0 Å². The first-order chi connectivity index (χ1) is 7.91. The number of aliphatic hydroxyl groups excluding tert-OH is 1. The predicted octanol–water partition coefficient (Wildman–Crippen LogP) is 3.49. The van der Waals surface area contributed by atoms with E-state index in [-0.39, 0.29) is 6.61 Å². The molecule has 0 bridgehead atoms. The molecule has 0 aliphatic carbocycles. The van der Waals surface area contributed by atoms with Crippen molar-refractivity contribution in [3.05, 3.63) is 0 Å². The highest BCUT2D eigenvalue weighted by Crippen LogP contribution is 2.10. The fourth-order valence-corrected chi connectivity index (χ4v) is 1.94. The number of aliphatic hydroxyl groups is 1. The van der Waals surface area contributed by atoms with Gasteiger partial charge in [0.05, 0.1) is 6.61 Å². The van der Waals surface area contributed by atoms with E-state index in [9.17, 15) is 0 Å². The second kappa shape index (κ2) is 14.9. The van der Waals surface area contributed by atoms with Gasteiger partial charge in [-0.2, -0.15) is 0 Å². The molecule has 0 unspecified atom stereocenters. The van der Waals surface area contributed by atoms with Crippen molar-refractivity contribution in [2.45, 2.75) is 71.1 Å². The fraction of sp³-hybridized carbons (Fsp3) is 1.00. The van der Waals surface area contributed by atoms with Crippen LogP contribution in [-0.4, -0.2) is 24.8 Å². The normalized spacial score (nSPS) is 10.9. The van der Waals surface area contributed by atoms with Gasteiger partial charge < -0.3 is 10.4 Å². The lowest BCUT2D eigenvalue weighted by Gasteiger charge is -2.03. The Morgan fingerprint density at radius 3 is 1.69 bits per heavy atom. The second-order valence-corrected chi connectivity index (χ2v) is 4.66. The van der Waals surface area contributed by atoms with Gasteiger partial charge >= 0.3 is 0 Å². The van der Waals surface area contributed by atoms with Gasteiger partial charge in [0.15, 0.2) is 0 Å². The van der Waals surface area contributed by atoms with Crippen molar-refractivity contribution in [2.75, 3.05) is 19.7 Å². The Hall–Kier alpha value is -0.0800. The van der Waals surface area contributed by atoms with Gasteiger partial charge in [0.25, 0.3) is 0 Å². The number of rotatable bonds is 13. The van der Waals surface area contributed by atoms with Crippen LogP contribution in [0.1, 0.15) is 71.1 Å². The van der Waals surface area contributed by atoms with Gasteiger partial charge in [-0.05, 0) is 13.0 Å². The Morgan fingerprint density at radius 2 is 1.19 bits per heavy atom. The monoisotopic (exact) mass is 229 g/mol. The van der Waals surface area contributed by atoms with E-state index in [0.717, 1.165) is 13.1 Å². The first-order valence-electron chi connectivity index (χ1n) is 7.23. The molecule has 0 amide bonds. The lowest BCUT2D eigenvalue weighted by atomic mass is 10.1. The van der Waals surface area contributed by atoms with E-state index in [2.05, 4.69) is 12.2 Å². The van der Waals surface area contributed by atoms with Crippen LogP contribution in [0.25, 0.3) is 0 Å². The first kappa shape index (κ1) is 15.9. The van der Waals surface area contributed by atoms with Crippen LogP contribution in [0.4, 0.5) is 0 Å². The molecule has 0 radical (unpaired) electrons. The molecule has 0 spiro atoms. The zero-order valence-corrected chi connectivity index (χ0v) is 11.1. The molecule has 0 atom stereocenters. The maximum atomic E-state index is 8.57. The van der Waals surface area contributed by atoms with Crippen molar-refractivity contribution in [1.82, 2.24) is 5.32 Å². The molecule has 0 saturated carbocycles. The van der Waals surface area contributed by atoms with Gasteiger partial charge in [-0.15, -0.1) is 0 Å². The third kappa shape index (κ3) is 13.9. The van der Waals surface area contributed by atoms with E-state index in [1.54, 1.807) is 0 Å². The first-order valence-corrected chi connectivity index (χ1v) is 7.23. The molecule has 0 aliphatic heterocycles. The van der Waals surface area contributed by atoms with Crippen molar-refractivity contribution in [3.8, 4) is 0 Å². The molecule has 0 rings (SSSR count). The van der Waals surface area contributed by atoms with Crippen molar-refractivity contribution in [2.24, 2.45) is 0 Å². The van der Waals surface area contributed by atoms with Crippen LogP contribution in [0.3, 0.4) is 0 Å². The highest BCUT2D eigenvalue weighted by Gasteiger charge is 1.92. The second-order valence-electron chi connectivity index (χ2n) is 4.66. The summed E-state index contributed by atoms with van der Waals surface area (Å²) in [6.07, 6.45) is 13.9. The average Bonchev–Trinajstić information content (AvgIpc) is 2.31. The Labute approximate surface area is 102 Å². The van der Waals surface area contributed by atoms with Crippen LogP contribution in [-0.2, 0) is 0 Å². The lowest BCUT2D eigenvalue weighted by molar-refractivity contribution is 0.292. The summed E-state index contributed by atoms with van der Waals surface area (Å²) in [4.78, 5) is 0. The van der Waals surface area contributed by atoms with E-state index in [1.165, 1.54) is 64.2 Å². The molecule has 98 valence electrons. The van der Waals surface area contributed by atoms with Crippen molar-refractivity contribution in [1.29, 1.82) is 0 Å². The fourth-order valence-electron chi connectivity index (χ4n) is 1.94. The van der Waals surface area contributed by atoms with E-state index < -0.39 is 0 Å². The van der Waals surface area contributed by atoms with Gasteiger partial charge in [-0.3, -0.25) is 0 Å². The van der Waals surface area contributed by atoms with Gasteiger partial charge in [-0.1, -0.05) is 64.7 Å². The van der Waals surface area contributed by atoms with E-state index in [0.29, 0.717) is 0 Å². The zero-order valence-electron chi connectivity index (χ0n) is 11.1. The van der Waals surface area contributed by atoms with Gasteiger partial charge in [0.2, 0.25) is 0 Å². The van der Waals surface area contributed by atoms with E-state index in [1.807, 2.05) is 0 Å². The number of hydrogen-bond acceptors (Lipinski definition) is 2. The highest BCUT2D eigenvalue weighted by atomic mass is 16.3. The Morgan fingerprint density at radius 1 is 0.688 bits per heavy atom. The quantitative estimate of drug-likeness (QED) is 0.474. The van der Waals surface area contributed by atoms with Gasteiger partial charge in [-0.25, -0.2) is 0 Å². The molecular weight excluding hydrogens is 198 g/mol. The summed E-state index contributed by atoms with van der Waals surface area (Å²) in [6.45, 7) is 4.34. The van der Waals surface area contributed by atoms with E-state index in [4.69, 9.17) is 5.11 Å². The Kier molecular flexibility index (Phi) is 14.8. The minimum absolute atomic E-state index is 0.262. The van der Waals surface area contributed by atoms with Crippen LogP contribution in [0.5, 0.6) is 0 Å². The minimum Gasteiger partial charge on any atom is -0.395 e. The summed E-state index contributed by atoms with van der Waals surface area (Å²) in [5.74, 6) is 0. The molecule has 2 heteroatoms. The van der Waals surface area contributed by atoms with Crippen molar-refractivity contribution >= 4 is 0 Å². The number of nitrogens with one attached hydrogen (secondary N) is 1. The molecule has 0 aromatic heterocycles. The molecule has 2 nitrogen and oxygen atoms in total. The summed E-state index contributed by atoms with van der Waals surface area (Å²) < 4.78 is 0. The SMILES string of the molecule is CCCCCCCCCCCCNCCO. The third-order valence-electron chi connectivity index (χ3n) is 3.00. The molecule has 0 heterocycles. The largest absolute Gasteiger partial charge is 0.395 e.